The summed E-state index contributed by atoms with van der Waals surface area (Å²) in [7, 11) is 0. The van der Waals surface area contributed by atoms with Crippen LogP contribution in [0.15, 0.2) is 30.3 Å². The van der Waals surface area contributed by atoms with Gasteiger partial charge in [0.25, 0.3) is 0 Å². The molecule has 1 fully saturated rings. The first-order chi connectivity index (χ1) is 9.18. The smallest absolute Gasteiger partial charge is 0.336 e. The molecule has 5 heteroatoms. The molecule has 2 unspecified atom stereocenters. The molecule has 19 heavy (non-hydrogen) atoms. The number of hydrogen-bond acceptors (Lipinski definition) is 4. The number of carbonyl (C=O) groups excluding carboxylic acids is 1. The highest BCUT2D eigenvalue weighted by atomic mass is 16.6. The highest BCUT2D eigenvalue weighted by Crippen LogP contribution is 2.22. The number of benzene rings is 1. The minimum atomic E-state index is -1.01. The van der Waals surface area contributed by atoms with Crippen molar-refractivity contribution in [2.24, 2.45) is 5.92 Å². The Balaban J connectivity index is 1.93. The van der Waals surface area contributed by atoms with Crippen molar-refractivity contribution in [3.05, 3.63) is 35.9 Å². The minimum absolute atomic E-state index is 0.131. The number of esters is 1. The van der Waals surface area contributed by atoms with Crippen molar-refractivity contribution in [1.82, 2.24) is 0 Å². The summed E-state index contributed by atoms with van der Waals surface area (Å²) in [6.45, 7) is 0.529. The fourth-order valence-corrected chi connectivity index (χ4v) is 2.08. The van der Waals surface area contributed by atoms with Crippen LogP contribution in [0.5, 0.6) is 0 Å². The lowest BCUT2D eigenvalue weighted by Gasteiger charge is -2.27. The maximum Gasteiger partial charge on any atom is 0.336 e. The molecule has 102 valence electrons. The van der Waals surface area contributed by atoms with Crippen LogP contribution in [0.1, 0.15) is 18.4 Å². The molecule has 2 atom stereocenters. The average Bonchev–Trinajstić information content (AvgIpc) is 2.46. The first-order valence-corrected chi connectivity index (χ1v) is 6.23. The summed E-state index contributed by atoms with van der Waals surface area (Å²) < 4.78 is 10.4. The largest absolute Gasteiger partial charge is 0.481 e. The minimum Gasteiger partial charge on any atom is -0.481 e. The van der Waals surface area contributed by atoms with Crippen LogP contribution < -0.4 is 0 Å². The molecule has 0 saturated carbocycles. The molecule has 2 rings (SSSR count). The molecule has 0 aliphatic carbocycles. The van der Waals surface area contributed by atoms with E-state index in [1.807, 2.05) is 30.3 Å². The number of ether oxygens (including phenoxy) is 2. The van der Waals surface area contributed by atoms with Gasteiger partial charge in [-0.15, -0.1) is 0 Å². The first kappa shape index (κ1) is 13.5. The number of carboxylic acid groups (broad SMARTS) is 1. The summed E-state index contributed by atoms with van der Waals surface area (Å²) in [6, 6.07) is 9.24. The predicted octanol–water partition coefficient (Wildman–Crippen LogP) is 1.61. The van der Waals surface area contributed by atoms with Gasteiger partial charge in [-0.1, -0.05) is 30.3 Å². The Morgan fingerprint density at radius 1 is 1.32 bits per heavy atom. The van der Waals surface area contributed by atoms with Gasteiger partial charge < -0.3 is 14.6 Å². The van der Waals surface area contributed by atoms with Gasteiger partial charge in [0.05, 0.1) is 5.92 Å². The van der Waals surface area contributed by atoms with E-state index in [0.717, 1.165) is 5.56 Å². The van der Waals surface area contributed by atoms with E-state index < -0.39 is 24.0 Å². The van der Waals surface area contributed by atoms with E-state index in [-0.39, 0.29) is 6.61 Å². The van der Waals surface area contributed by atoms with E-state index in [9.17, 15) is 9.59 Å². The zero-order valence-corrected chi connectivity index (χ0v) is 10.5. The Morgan fingerprint density at radius 2 is 2.05 bits per heavy atom. The van der Waals surface area contributed by atoms with Gasteiger partial charge in [0.15, 0.2) is 6.10 Å². The molecule has 1 aliphatic rings. The van der Waals surface area contributed by atoms with Gasteiger partial charge in [0.2, 0.25) is 0 Å². The van der Waals surface area contributed by atoms with E-state index in [1.54, 1.807) is 0 Å². The molecule has 0 bridgehead atoms. The van der Waals surface area contributed by atoms with Crippen molar-refractivity contribution in [1.29, 1.82) is 0 Å². The lowest BCUT2D eigenvalue weighted by molar-refractivity contribution is -0.174. The van der Waals surface area contributed by atoms with Crippen LogP contribution in [0.4, 0.5) is 0 Å². The van der Waals surface area contributed by atoms with Crippen LogP contribution in [0, 0.1) is 5.92 Å². The van der Waals surface area contributed by atoms with Crippen molar-refractivity contribution in [2.75, 3.05) is 6.61 Å². The third kappa shape index (κ3) is 3.54. The fraction of sp³-hybridized carbons (Fsp3) is 0.429. The Morgan fingerprint density at radius 3 is 2.74 bits per heavy atom. The fourth-order valence-electron chi connectivity index (χ4n) is 2.08. The third-order valence-electron chi connectivity index (χ3n) is 3.10. The molecule has 0 amide bonds. The van der Waals surface area contributed by atoms with Gasteiger partial charge in [0, 0.05) is 6.61 Å². The molecule has 1 N–H and O–H groups in total. The van der Waals surface area contributed by atoms with Gasteiger partial charge in [-0.05, 0) is 18.4 Å². The Hall–Kier alpha value is -1.88. The third-order valence-corrected chi connectivity index (χ3v) is 3.10. The zero-order chi connectivity index (χ0) is 13.7. The Bertz CT molecular complexity index is 442. The van der Waals surface area contributed by atoms with Gasteiger partial charge in [-0.25, -0.2) is 4.79 Å². The van der Waals surface area contributed by atoms with Gasteiger partial charge in [-0.2, -0.15) is 0 Å². The zero-order valence-electron chi connectivity index (χ0n) is 10.5. The number of hydrogen-bond donors (Lipinski definition) is 1. The monoisotopic (exact) mass is 264 g/mol. The molecule has 0 spiro atoms. The molecule has 1 aromatic rings. The van der Waals surface area contributed by atoms with Crippen molar-refractivity contribution in [3.8, 4) is 0 Å². The molecule has 5 nitrogen and oxygen atoms in total. The normalized spacial score (nSPS) is 22.7. The van der Waals surface area contributed by atoms with Crippen LogP contribution in [0.2, 0.25) is 0 Å². The topological polar surface area (TPSA) is 72.8 Å². The summed E-state index contributed by atoms with van der Waals surface area (Å²) in [4.78, 5) is 22.9. The van der Waals surface area contributed by atoms with E-state index in [1.165, 1.54) is 0 Å². The maximum absolute atomic E-state index is 11.9. The second-order valence-electron chi connectivity index (χ2n) is 4.47. The van der Waals surface area contributed by atoms with E-state index >= 15 is 0 Å². The van der Waals surface area contributed by atoms with Crippen LogP contribution in [-0.4, -0.2) is 29.8 Å². The molecule has 1 heterocycles. The first-order valence-electron chi connectivity index (χ1n) is 6.23. The summed E-state index contributed by atoms with van der Waals surface area (Å²) in [5.41, 5.74) is 0.860. The summed E-state index contributed by atoms with van der Waals surface area (Å²) in [6.07, 6.45) is 0.106. The summed E-state index contributed by atoms with van der Waals surface area (Å²) in [5, 5.41) is 9.06. The second-order valence-corrected chi connectivity index (χ2v) is 4.47. The molecule has 0 radical (unpaired) electrons. The average molecular weight is 264 g/mol. The maximum atomic E-state index is 11.9. The molecular formula is C14H16O5. The Labute approximate surface area is 111 Å². The number of carboxylic acids is 1. The predicted molar refractivity (Wildman–Crippen MR) is 66.3 cm³/mol. The molecule has 1 aromatic carbocycles. The number of carbonyl (C=O) groups is 2. The van der Waals surface area contributed by atoms with Crippen LogP contribution >= 0.6 is 0 Å². The van der Waals surface area contributed by atoms with E-state index in [0.29, 0.717) is 19.4 Å². The van der Waals surface area contributed by atoms with Crippen LogP contribution in [0.3, 0.4) is 0 Å². The molecular weight excluding hydrogens is 248 g/mol. The standard InChI is InChI=1S/C14H16O5/c15-13(16)11-7-4-8-18-12(11)14(17)19-9-10-5-2-1-3-6-10/h1-3,5-6,11-12H,4,7-9H2,(H,15,16). The lowest BCUT2D eigenvalue weighted by atomic mass is 9.94. The highest BCUT2D eigenvalue weighted by molar-refractivity contribution is 5.83. The summed E-state index contributed by atoms with van der Waals surface area (Å²) in [5.74, 6) is -2.42. The number of aliphatic carboxylic acids is 1. The van der Waals surface area contributed by atoms with Crippen molar-refractivity contribution in [3.63, 3.8) is 0 Å². The van der Waals surface area contributed by atoms with Crippen LogP contribution in [0.25, 0.3) is 0 Å². The van der Waals surface area contributed by atoms with Gasteiger partial charge >= 0.3 is 11.9 Å². The SMILES string of the molecule is O=C(O)C1CCCOC1C(=O)OCc1ccccc1. The Kier molecular flexibility index (Phi) is 4.52. The quantitative estimate of drug-likeness (QED) is 0.836. The van der Waals surface area contributed by atoms with Gasteiger partial charge in [0.1, 0.15) is 6.61 Å². The van der Waals surface area contributed by atoms with Crippen molar-refractivity contribution < 1.29 is 24.2 Å². The van der Waals surface area contributed by atoms with Crippen LogP contribution in [-0.2, 0) is 25.7 Å². The number of rotatable bonds is 4. The molecule has 1 aliphatic heterocycles. The van der Waals surface area contributed by atoms with Crippen molar-refractivity contribution >= 4 is 11.9 Å². The lowest BCUT2D eigenvalue weighted by Crippen LogP contribution is -2.41. The van der Waals surface area contributed by atoms with Gasteiger partial charge in [-0.3, -0.25) is 4.79 Å². The molecule has 0 aromatic heterocycles. The molecule has 1 saturated heterocycles. The van der Waals surface area contributed by atoms with Crippen molar-refractivity contribution in [2.45, 2.75) is 25.6 Å². The van der Waals surface area contributed by atoms with E-state index in [4.69, 9.17) is 14.6 Å². The summed E-state index contributed by atoms with van der Waals surface area (Å²) >= 11 is 0. The van der Waals surface area contributed by atoms with E-state index in [2.05, 4.69) is 0 Å². The highest BCUT2D eigenvalue weighted by Gasteiger charge is 2.38. The second kappa shape index (κ2) is 6.33.